The zero-order valence-corrected chi connectivity index (χ0v) is 17.4. The highest BCUT2D eigenvalue weighted by molar-refractivity contribution is 5.60. The predicted octanol–water partition coefficient (Wildman–Crippen LogP) is 4.69. The second-order valence-corrected chi connectivity index (χ2v) is 8.67. The monoisotopic (exact) mass is 451 g/mol. The highest BCUT2D eigenvalue weighted by atomic mass is 19.4. The molecule has 0 spiro atoms. The van der Waals surface area contributed by atoms with Gasteiger partial charge in [-0.25, -0.2) is 8.78 Å². The normalized spacial score (nSPS) is 19.8. The van der Waals surface area contributed by atoms with Crippen molar-refractivity contribution in [3.05, 3.63) is 53.5 Å². The maximum atomic E-state index is 13.9. The van der Waals surface area contributed by atoms with Crippen LogP contribution in [0.1, 0.15) is 31.3 Å². The number of aromatic nitrogens is 3. The lowest BCUT2D eigenvalue weighted by Crippen LogP contribution is -2.52. The van der Waals surface area contributed by atoms with Gasteiger partial charge in [0.05, 0.1) is 0 Å². The summed E-state index contributed by atoms with van der Waals surface area (Å²) >= 11 is 0. The largest absolute Gasteiger partial charge is 0.431 e. The molecule has 3 aromatic rings. The number of anilines is 2. The van der Waals surface area contributed by atoms with Crippen molar-refractivity contribution in [2.75, 3.05) is 29.4 Å². The van der Waals surface area contributed by atoms with Crippen LogP contribution in [0.5, 0.6) is 0 Å². The number of rotatable bonds is 4. The summed E-state index contributed by atoms with van der Waals surface area (Å²) in [4.78, 5) is 3.71. The van der Waals surface area contributed by atoms with E-state index >= 15 is 0 Å². The van der Waals surface area contributed by atoms with Crippen LogP contribution in [0.3, 0.4) is 0 Å². The van der Waals surface area contributed by atoms with Crippen LogP contribution >= 0.6 is 0 Å². The first kappa shape index (κ1) is 21.0. The molecule has 10 heteroatoms. The molecule has 0 amide bonds. The molecule has 1 aliphatic carbocycles. The molecule has 1 saturated carbocycles. The van der Waals surface area contributed by atoms with Crippen LogP contribution in [0.15, 0.2) is 30.3 Å². The summed E-state index contributed by atoms with van der Waals surface area (Å²) in [5.74, 6) is -0.607. The summed E-state index contributed by atoms with van der Waals surface area (Å²) in [5, 5.41) is 8.06. The Hall–Kier alpha value is -2.91. The molecule has 2 fully saturated rings. The molecule has 1 aliphatic heterocycles. The van der Waals surface area contributed by atoms with Gasteiger partial charge in [0.1, 0.15) is 23.2 Å². The van der Waals surface area contributed by atoms with Crippen LogP contribution in [0, 0.1) is 17.6 Å². The molecule has 1 saturated heterocycles. The van der Waals surface area contributed by atoms with Crippen LogP contribution in [-0.2, 0) is 12.6 Å². The van der Waals surface area contributed by atoms with Crippen molar-refractivity contribution >= 4 is 17.0 Å². The van der Waals surface area contributed by atoms with Crippen LogP contribution < -0.4 is 9.80 Å². The first-order valence-electron chi connectivity index (χ1n) is 10.6. The highest BCUT2D eigenvalue weighted by Gasteiger charge is 2.37. The second kappa shape index (κ2) is 7.60. The van der Waals surface area contributed by atoms with E-state index in [9.17, 15) is 22.0 Å². The number of halogens is 5. The third-order valence-corrected chi connectivity index (χ3v) is 6.19. The van der Waals surface area contributed by atoms with Gasteiger partial charge in [-0.05, 0) is 43.9 Å². The molecule has 0 unspecified atom stereocenters. The minimum Gasteiger partial charge on any atom is -0.368 e. The zero-order chi connectivity index (χ0) is 22.6. The second-order valence-electron chi connectivity index (χ2n) is 8.67. The lowest BCUT2D eigenvalue weighted by atomic mass is 10.1. The summed E-state index contributed by atoms with van der Waals surface area (Å²) < 4.78 is 70.2. The molecular weight excluding hydrogens is 429 g/mol. The van der Waals surface area contributed by atoms with E-state index < -0.39 is 23.5 Å². The van der Waals surface area contributed by atoms with Gasteiger partial charge in [-0.15, -0.1) is 10.2 Å². The molecule has 0 N–H and O–H groups in total. The van der Waals surface area contributed by atoms with Crippen molar-refractivity contribution < 1.29 is 22.0 Å². The smallest absolute Gasteiger partial charge is 0.368 e. The van der Waals surface area contributed by atoms with E-state index in [1.54, 1.807) is 6.07 Å². The Bertz CT molecular complexity index is 1130. The maximum Gasteiger partial charge on any atom is 0.431 e. The lowest BCUT2D eigenvalue weighted by Gasteiger charge is -2.42. The summed E-state index contributed by atoms with van der Waals surface area (Å²) in [7, 11) is 0. The molecular formula is C22H22F5N5. The molecule has 5 nitrogen and oxygen atoms in total. The molecule has 5 rings (SSSR count). The number of piperazine rings is 1. The predicted molar refractivity (Wildman–Crippen MR) is 110 cm³/mol. The van der Waals surface area contributed by atoms with E-state index in [-0.39, 0.29) is 11.7 Å². The van der Waals surface area contributed by atoms with E-state index in [4.69, 9.17) is 0 Å². The van der Waals surface area contributed by atoms with Gasteiger partial charge in [-0.1, -0.05) is 0 Å². The third kappa shape index (κ3) is 3.98. The minimum atomic E-state index is -4.55. The quantitative estimate of drug-likeness (QED) is 0.539. The minimum absolute atomic E-state index is 0.168. The summed E-state index contributed by atoms with van der Waals surface area (Å²) in [6.45, 7) is 3.09. The zero-order valence-electron chi connectivity index (χ0n) is 17.4. The number of hydrogen-bond acceptors (Lipinski definition) is 4. The summed E-state index contributed by atoms with van der Waals surface area (Å²) in [5.41, 5.74) is 0.219. The number of hydrogen-bond donors (Lipinski definition) is 0. The van der Waals surface area contributed by atoms with Gasteiger partial charge in [0.15, 0.2) is 5.65 Å². The fourth-order valence-corrected chi connectivity index (χ4v) is 4.45. The Balaban J connectivity index is 1.45. The van der Waals surface area contributed by atoms with E-state index in [1.807, 2.05) is 16.7 Å². The average molecular weight is 451 g/mol. The van der Waals surface area contributed by atoms with Crippen molar-refractivity contribution in [2.45, 2.75) is 38.4 Å². The van der Waals surface area contributed by atoms with Crippen LogP contribution in [-0.4, -0.2) is 40.3 Å². The van der Waals surface area contributed by atoms with Gasteiger partial charge >= 0.3 is 6.18 Å². The van der Waals surface area contributed by atoms with E-state index in [1.165, 1.54) is 12.1 Å². The van der Waals surface area contributed by atoms with Crippen LogP contribution in [0.2, 0.25) is 0 Å². The van der Waals surface area contributed by atoms with Gasteiger partial charge < -0.3 is 9.80 Å². The van der Waals surface area contributed by atoms with Gasteiger partial charge in [0.2, 0.25) is 0 Å². The summed E-state index contributed by atoms with van der Waals surface area (Å²) in [6, 6.07) is 5.95. The van der Waals surface area contributed by atoms with Gasteiger partial charge in [0, 0.05) is 55.6 Å². The summed E-state index contributed by atoms with van der Waals surface area (Å²) in [6.07, 6.45) is -2.05. The molecule has 2 aromatic heterocycles. The molecule has 170 valence electrons. The van der Waals surface area contributed by atoms with Crippen molar-refractivity contribution in [3.8, 4) is 0 Å². The molecule has 32 heavy (non-hydrogen) atoms. The Kier molecular flexibility index (Phi) is 4.98. The fraction of sp³-hybridized carbons (Fsp3) is 0.455. The van der Waals surface area contributed by atoms with Gasteiger partial charge in [-0.3, -0.25) is 4.40 Å². The van der Waals surface area contributed by atoms with Crippen molar-refractivity contribution in [3.63, 3.8) is 0 Å². The Morgan fingerprint density at radius 2 is 1.66 bits per heavy atom. The molecule has 3 heterocycles. The number of nitrogens with zero attached hydrogens (tertiary/aromatic N) is 5. The van der Waals surface area contributed by atoms with Crippen molar-refractivity contribution in [1.82, 2.24) is 14.6 Å². The Morgan fingerprint density at radius 1 is 0.938 bits per heavy atom. The first-order valence-corrected chi connectivity index (χ1v) is 10.6. The molecule has 1 atom stereocenters. The SMILES string of the molecule is C[C@@H]1CN(c2cc(C(F)(F)F)n3c(CC4CC4)nnc3c2)CCN1c1cc(F)cc(F)c1. The third-order valence-electron chi connectivity index (χ3n) is 6.19. The van der Waals surface area contributed by atoms with Crippen molar-refractivity contribution in [1.29, 1.82) is 0 Å². The number of pyridine rings is 1. The Morgan fingerprint density at radius 3 is 2.28 bits per heavy atom. The van der Waals surface area contributed by atoms with E-state index in [0.29, 0.717) is 49.2 Å². The topological polar surface area (TPSA) is 36.7 Å². The fourth-order valence-electron chi connectivity index (χ4n) is 4.45. The lowest BCUT2D eigenvalue weighted by molar-refractivity contribution is -0.142. The van der Waals surface area contributed by atoms with Crippen LogP contribution in [0.4, 0.5) is 33.3 Å². The van der Waals surface area contributed by atoms with Gasteiger partial charge in [-0.2, -0.15) is 13.2 Å². The first-order chi connectivity index (χ1) is 15.2. The molecule has 0 bridgehead atoms. The number of benzene rings is 1. The molecule has 0 radical (unpaired) electrons. The van der Waals surface area contributed by atoms with Gasteiger partial charge in [0.25, 0.3) is 0 Å². The molecule has 1 aromatic carbocycles. The number of fused-ring (bicyclic) bond motifs is 1. The average Bonchev–Trinajstić information content (AvgIpc) is 3.44. The standard InChI is InChI=1S/C22H22F5N5/c1-13-12-30(4-5-31(13)18-8-15(23)7-16(24)9-18)17-10-19(22(25,26)27)32-20(6-14-2-3-14)28-29-21(32)11-17/h7-11,13-14H,2-6,12H2,1H3/t13-/m1/s1. The molecule has 2 aliphatic rings. The van der Waals surface area contributed by atoms with Crippen LogP contribution in [0.25, 0.3) is 5.65 Å². The maximum absolute atomic E-state index is 13.9. The highest BCUT2D eigenvalue weighted by Crippen LogP contribution is 2.37. The van der Waals surface area contributed by atoms with Crippen molar-refractivity contribution in [2.24, 2.45) is 5.92 Å². The van der Waals surface area contributed by atoms with E-state index in [2.05, 4.69) is 10.2 Å². The van der Waals surface area contributed by atoms with E-state index in [0.717, 1.165) is 29.4 Å². The number of alkyl halides is 3. The Labute approximate surface area is 181 Å².